The molecule has 0 spiro atoms. The minimum atomic E-state index is -0.373. The second-order valence-electron chi connectivity index (χ2n) is 7.54. The summed E-state index contributed by atoms with van der Waals surface area (Å²) in [4.78, 5) is 27.8. The van der Waals surface area contributed by atoms with Crippen LogP contribution in [-0.2, 0) is 4.79 Å². The van der Waals surface area contributed by atoms with Gasteiger partial charge in [-0.25, -0.2) is 0 Å². The Morgan fingerprint density at radius 1 is 1.00 bits per heavy atom. The summed E-state index contributed by atoms with van der Waals surface area (Å²) in [6, 6.07) is 12.9. The molecule has 2 aromatic carbocycles. The number of nitrogens with zero attached hydrogens (tertiary/aromatic N) is 1. The Balaban J connectivity index is 1.97. The normalized spacial score (nSPS) is 17.9. The minimum absolute atomic E-state index is 0.0519. The Bertz CT molecular complexity index is 890. The van der Waals surface area contributed by atoms with Crippen LogP contribution >= 0.6 is 0 Å². The summed E-state index contributed by atoms with van der Waals surface area (Å²) >= 11 is 0. The Kier molecular flexibility index (Phi) is 7.39. The number of rotatable bonds is 8. The van der Waals surface area contributed by atoms with Gasteiger partial charge in [-0.1, -0.05) is 25.1 Å². The molecule has 31 heavy (non-hydrogen) atoms. The summed E-state index contributed by atoms with van der Waals surface area (Å²) < 4.78 is 16.4. The molecule has 7 heteroatoms. The maximum atomic E-state index is 13.1. The smallest absolute Gasteiger partial charge is 0.253 e. The van der Waals surface area contributed by atoms with Crippen LogP contribution < -0.4 is 19.5 Å². The first-order valence-corrected chi connectivity index (χ1v) is 10.5. The monoisotopic (exact) mass is 426 g/mol. The maximum absolute atomic E-state index is 13.1. The van der Waals surface area contributed by atoms with Gasteiger partial charge in [0.05, 0.1) is 27.2 Å². The zero-order valence-corrected chi connectivity index (χ0v) is 18.5. The molecule has 0 radical (unpaired) electrons. The van der Waals surface area contributed by atoms with Crippen LogP contribution in [0.1, 0.15) is 35.2 Å². The van der Waals surface area contributed by atoms with Crippen molar-refractivity contribution in [2.75, 3.05) is 41.0 Å². The zero-order valence-electron chi connectivity index (χ0n) is 18.5. The molecule has 0 aromatic heterocycles. The standard InChI is InChI=1S/C24H30N2O5/c1-5-11-25-23(27)19-15-26(24(28)16-9-7-6-8-10-16)14-18(19)17-12-20(29-2)22(31-4)21(13-17)30-3/h6-10,12-13,18-19H,5,11,14-15H2,1-4H3,(H,25,27). The number of hydrogen-bond acceptors (Lipinski definition) is 5. The molecule has 2 aromatic rings. The number of amides is 2. The zero-order chi connectivity index (χ0) is 22.4. The molecule has 166 valence electrons. The molecule has 0 saturated carbocycles. The number of benzene rings is 2. The Hall–Kier alpha value is -3.22. The number of ether oxygens (including phenoxy) is 3. The number of likely N-dealkylation sites (tertiary alicyclic amines) is 1. The molecule has 0 bridgehead atoms. The molecular weight excluding hydrogens is 396 g/mol. The molecule has 1 saturated heterocycles. The number of carbonyl (C=O) groups is 2. The molecule has 1 N–H and O–H groups in total. The highest BCUT2D eigenvalue weighted by molar-refractivity contribution is 5.95. The van der Waals surface area contributed by atoms with Crippen molar-refractivity contribution in [1.82, 2.24) is 10.2 Å². The van der Waals surface area contributed by atoms with Crippen LogP contribution in [0.3, 0.4) is 0 Å². The fraction of sp³-hybridized carbons (Fsp3) is 0.417. The van der Waals surface area contributed by atoms with Crippen molar-refractivity contribution < 1.29 is 23.8 Å². The van der Waals surface area contributed by atoms with Gasteiger partial charge in [0.2, 0.25) is 11.7 Å². The molecular formula is C24H30N2O5. The lowest BCUT2D eigenvalue weighted by molar-refractivity contribution is -0.124. The van der Waals surface area contributed by atoms with E-state index < -0.39 is 0 Å². The largest absolute Gasteiger partial charge is 0.493 e. The van der Waals surface area contributed by atoms with Crippen molar-refractivity contribution in [1.29, 1.82) is 0 Å². The van der Waals surface area contributed by atoms with Crippen LogP contribution in [0.4, 0.5) is 0 Å². The van der Waals surface area contributed by atoms with E-state index in [9.17, 15) is 9.59 Å². The predicted molar refractivity (Wildman–Crippen MR) is 118 cm³/mol. The number of carbonyl (C=O) groups excluding carboxylic acids is 2. The van der Waals surface area contributed by atoms with Gasteiger partial charge in [0.25, 0.3) is 5.91 Å². The first-order valence-electron chi connectivity index (χ1n) is 10.5. The highest BCUT2D eigenvalue weighted by atomic mass is 16.5. The summed E-state index contributed by atoms with van der Waals surface area (Å²) in [6.07, 6.45) is 0.847. The molecule has 0 aliphatic carbocycles. The molecule has 1 heterocycles. The van der Waals surface area contributed by atoms with Gasteiger partial charge < -0.3 is 24.4 Å². The van der Waals surface area contributed by atoms with Crippen molar-refractivity contribution in [2.24, 2.45) is 5.92 Å². The number of nitrogens with one attached hydrogen (secondary N) is 1. The summed E-state index contributed by atoms with van der Waals surface area (Å²) in [5.41, 5.74) is 1.48. The van der Waals surface area contributed by atoms with Gasteiger partial charge >= 0.3 is 0 Å². The second-order valence-corrected chi connectivity index (χ2v) is 7.54. The molecule has 1 aliphatic heterocycles. The van der Waals surface area contributed by atoms with Gasteiger partial charge in [0.15, 0.2) is 11.5 Å². The lowest BCUT2D eigenvalue weighted by Gasteiger charge is -2.21. The number of methoxy groups -OCH3 is 3. The van der Waals surface area contributed by atoms with E-state index in [0.717, 1.165) is 12.0 Å². The second kappa shape index (κ2) is 10.2. The Morgan fingerprint density at radius 2 is 1.65 bits per heavy atom. The van der Waals surface area contributed by atoms with E-state index in [1.54, 1.807) is 38.4 Å². The average molecular weight is 427 g/mol. The van der Waals surface area contributed by atoms with Gasteiger partial charge in [-0.15, -0.1) is 0 Å². The summed E-state index contributed by atoms with van der Waals surface area (Å²) in [5, 5.41) is 2.99. The SMILES string of the molecule is CCCNC(=O)C1CN(C(=O)c2ccccc2)CC1c1cc(OC)c(OC)c(OC)c1. The minimum Gasteiger partial charge on any atom is -0.493 e. The van der Waals surface area contributed by atoms with E-state index in [1.165, 1.54) is 0 Å². The quantitative estimate of drug-likeness (QED) is 0.702. The Morgan fingerprint density at radius 3 is 2.19 bits per heavy atom. The first-order chi connectivity index (χ1) is 15.0. The molecule has 2 unspecified atom stereocenters. The molecule has 2 amide bonds. The van der Waals surface area contributed by atoms with E-state index in [1.807, 2.05) is 37.3 Å². The highest BCUT2D eigenvalue weighted by Crippen LogP contribution is 2.43. The van der Waals surface area contributed by atoms with E-state index >= 15 is 0 Å². The van der Waals surface area contributed by atoms with Crippen LogP contribution in [0.25, 0.3) is 0 Å². The van der Waals surface area contributed by atoms with Crippen molar-refractivity contribution in [2.45, 2.75) is 19.3 Å². The van der Waals surface area contributed by atoms with Gasteiger partial charge in [-0.05, 0) is 36.2 Å². The van der Waals surface area contributed by atoms with E-state index in [0.29, 0.717) is 42.4 Å². The van der Waals surface area contributed by atoms with Crippen molar-refractivity contribution in [3.63, 3.8) is 0 Å². The van der Waals surface area contributed by atoms with Crippen LogP contribution in [-0.4, -0.2) is 57.7 Å². The molecule has 3 rings (SSSR count). The third kappa shape index (κ3) is 4.76. The summed E-state index contributed by atoms with van der Waals surface area (Å²) in [5.74, 6) is 0.846. The molecule has 1 aliphatic rings. The third-order valence-electron chi connectivity index (χ3n) is 5.63. The summed E-state index contributed by atoms with van der Waals surface area (Å²) in [6.45, 7) is 3.39. The molecule has 2 atom stereocenters. The van der Waals surface area contributed by atoms with E-state index in [4.69, 9.17) is 14.2 Å². The Labute approximate surface area is 183 Å². The third-order valence-corrected chi connectivity index (χ3v) is 5.63. The van der Waals surface area contributed by atoms with Gasteiger partial charge in [-0.2, -0.15) is 0 Å². The lowest BCUT2D eigenvalue weighted by atomic mass is 9.88. The predicted octanol–water partition coefficient (Wildman–Crippen LogP) is 3.09. The van der Waals surface area contributed by atoms with E-state index in [-0.39, 0.29) is 23.7 Å². The van der Waals surface area contributed by atoms with Crippen LogP contribution in [0.5, 0.6) is 17.2 Å². The van der Waals surface area contributed by atoms with Gasteiger partial charge in [0, 0.05) is 31.1 Å². The van der Waals surface area contributed by atoms with E-state index in [2.05, 4.69) is 5.32 Å². The van der Waals surface area contributed by atoms with Crippen molar-refractivity contribution >= 4 is 11.8 Å². The average Bonchev–Trinajstić information content (AvgIpc) is 3.27. The lowest BCUT2D eigenvalue weighted by Crippen LogP contribution is -2.36. The highest BCUT2D eigenvalue weighted by Gasteiger charge is 2.41. The van der Waals surface area contributed by atoms with Gasteiger partial charge in [0.1, 0.15) is 0 Å². The van der Waals surface area contributed by atoms with Crippen molar-refractivity contribution in [3.05, 3.63) is 53.6 Å². The van der Waals surface area contributed by atoms with Crippen LogP contribution in [0.15, 0.2) is 42.5 Å². The van der Waals surface area contributed by atoms with Crippen LogP contribution in [0, 0.1) is 5.92 Å². The first kappa shape index (κ1) is 22.5. The van der Waals surface area contributed by atoms with Crippen LogP contribution in [0.2, 0.25) is 0 Å². The van der Waals surface area contributed by atoms with Crippen molar-refractivity contribution in [3.8, 4) is 17.2 Å². The fourth-order valence-corrected chi connectivity index (χ4v) is 4.03. The fourth-order valence-electron chi connectivity index (χ4n) is 4.03. The molecule has 7 nitrogen and oxygen atoms in total. The maximum Gasteiger partial charge on any atom is 0.253 e. The topological polar surface area (TPSA) is 77.1 Å². The molecule has 1 fully saturated rings. The summed E-state index contributed by atoms with van der Waals surface area (Å²) in [7, 11) is 4.68. The number of hydrogen-bond donors (Lipinski definition) is 1. The van der Waals surface area contributed by atoms with Gasteiger partial charge in [-0.3, -0.25) is 9.59 Å².